The van der Waals surface area contributed by atoms with E-state index >= 15 is 0 Å². The van der Waals surface area contributed by atoms with E-state index in [1.165, 1.54) is 0 Å². The number of para-hydroxylation sites is 2. The molecule has 0 unspecified atom stereocenters. The Morgan fingerprint density at radius 3 is 1.39 bits per heavy atom. The van der Waals surface area contributed by atoms with Crippen LogP contribution in [0.15, 0.2) is 112 Å². The van der Waals surface area contributed by atoms with Crippen molar-refractivity contribution in [1.29, 1.82) is 0 Å². The first-order chi connectivity index (χ1) is 16.3. The van der Waals surface area contributed by atoms with Gasteiger partial charge in [0, 0.05) is 32.7 Å². The predicted molar refractivity (Wildman–Crippen MR) is 137 cm³/mol. The third-order valence-corrected chi connectivity index (χ3v) is 6.78. The molecule has 0 aliphatic carbocycles. The molecule has 0 N–H and O–H groups in total. The van der Waals surface area contributed by atoms with Crippen LogP contribution in [0.2, 0.25) is 5.02 Å². The van der Waals surface area contributed by atoms with Gasteiger partial charge in [0.25, 0.3) is 0 Å². The lowest BCUT2D eigenvalue weighted by Gasteiger charge is -2.11. The van der Waals surface area contributed by atoms with E-state index in [0.717, 1.165) is 71.2 Å². The van der Waals surface area contributed by atoms with Gasteiger partial charge in [-0.1, -0.05) is 78.3 Å². The highest BCUT2D eigenvalue weighted by Gasteiger charge is 2.14. The van der Waals surface area contributed by atoms with E-state index in [4.69, 9.17) is 20.4 Å². The van der Waals surface area contributed by atoms with Crippen LogP contribution in [-0.2, 0) is 0 Å². The van der Waals surface area contributed by atoms with Gasteiger partial charge in [0.15, 0.2) is 0 Å². The maximum atomic E-state index is 7.02. The molecule has 0 aliphatic heterocycles. The smallest absolute Gasteiger partial charge is 0.135 e. The summed E-state index contributed by atoms with van der Waals surface area (Å²) in [5.74, 6) is 0. The van der Waals surface area contributed by atoms with Gasteiger partial charge < -0.3 is 8.83 Å². The Morgan fingerprint density at radius 1 is 0.424 bits per heavy atom. The van der Waals surface area contributed by atoms with E-state index < -0.39 is 0 Å². The third-order valence-electron chi connectivity index (χ3n) is 6.37. The van der Waals surface area contributed by atoms with Gasteiger partial charge in [0.2, 0.25) is 0 Å². The first-order valence-electron chi connectivity index (χ1n) is 10.9. The average Bonchev–Trinajstić information content (AvgIpc) is 3.41. The molecule has 0 spiro atoms. The highest BCUT2D eigenvalue weighted by atomic mass is 35.5. The summed E-state index contributed by atoms with van der Waals surface area (Å²) in [5, 5.41) is 5.14. The van der Waals surface area contributed by atoms with Gasteiger partial charge in [0.1, 0.15) is 22.3 Å². The van der Waals surface area contributed by atoms with Crippen LogP contribution in [0, 0.1) is 0 Å². The van der Waals surface area contributed by atoms with Crippen LogP contribution in [0.5, 0.6) is 0 Å². The molecular formula is C30H17ClO2. The number of rotatable bonds is 2. The molecule has 0 aliphatic rings. The van der Waals surface area contributed by atoms with Crippen molar-refractivity contribution in [2.24, 2.45) is 0 Å². The molecule has 2 heterocycles. The standard InChI is InChI=1S/C30H17ClO2/c31-30-20(18-12-14-28-24(16-18)22-6-1-3-10-26(22)32-28)8-5-9-21(30)19-13-15-29-25(17-19)23-7-2-4-11-27(23)33-29/h1-17H. The Kier molecular flexibility index (Phi) is 3.93. The Bertz CT molecular complexity index is 1710. The third kappa shape index (κ3) is 2.81. The van der Waals surface area contributed by atoms with E-state index in [9.17, 15) is 0 Å². The lowest BCUT2D eigenvalue weighted by molar-refractivity contribution is 0.668. The fourth-order valence-corrected chi connectivity index (χ4v) is 5.11. The Hall–Kier alpha value is -4.01. The molecule has 7 aromatic rings. The number of benzene rings is 5. The molecular weight excluding hydrogens is 428 g/mol. The molecule has 0 saturated carbocycles. The highest BCUT2D eigenvalue weighted by Crippen LogP contribution is 2.40. The Balaban J connectivity index is 1.40. The van der Waals surface area contributed by atoms with Crippen LogP contribution in [0.3, 0.4) is 0 Å². The van der Waals surface area contributed by atoms with Crippen molar-refractivity contribution >= 4 is 55.5 Å². The zero-order valence-corrected chi connectivity index (χ0v) is 18.3. The summed E-state index contributed by atoms with van der Waals surface area (Å²) in [6.07, 6.45) is 0. The second-order valence-electron chi connectivity index (χ2n) is 8.29. The number of hydrogen-bond donors (Lipinski definition) is 0. The van der Waals surface area contributed by atoms with Crippen LogP contribution < -0.4 is 0 Å². The molecule has 0 bridgehead atoms. The van der Waals surface area contributed by atoms with Crippen molar-refractivity contribution in [2.75, 3.05) is 0 Å². The van der Waals surface area contributed by atoms with Gasteiger partial charge in [-0.3, -0.25) is 0 Å². The van der Waals surface area contributed by atoms with Crippen molar-refractivity contribution in [3.8, 4) is 22.3 Å². The number of halogens is 1. The molecule has 0 radical (unpaired) electrons. The maximum absolute atomic E-state index is 7.02. The SMILES string of the molecule is Clc1c(-c2ccc3oc4ccccc4c3c2)cccc1-c1ccc2oc3ccccc3c2c1. The predicted octanol–water partition coefficient (Wildman–Crippen LogP) is 9.47. The number of furan rings is 2. The van der Waals surface area contributed by atoms with Gasteiger partial charge in [-0.15, -0.1) is 0 Å². The summed E-state index contributed by atoms with van der Waals surface area (Å²) in [6.45, 7) is 0. The van der Waals surface area contributed by atoms with E-state index in [2.05, 4.69) is 54.6 Å². The summed E-state index contributed by atoms with van der Waals surface area (Å²) in [5.41, 5.74) is 7.67. The first kappa shape index (κ1) is 18.6. The van der Waals surface area contributed by atoms with Crippen molar-refractivity contribution in [3.63, 3.8) is 0 Å². The summed E-state index contributed by atoms with van der Waals surface area (Å²) < 4.78 is 12.0. The summed E-state index contributed by atoms with van der Waals surface area (Å²) in [4.78, 5) is 0. The second kappa shape index (κ2) is 6.99. The largest absolute Gasteiger partial charge is 0.456 e. The second-order valence-corrected chi connectivity index (χ2v) is 8.66. The first-order valence-corrected chi connectivity index (χ1v) is 11.3. The average molecular weight is 445 g/mol. The van der Waals surface area contributed by atoms with Crippen LogP contribution in [0.1, 0.15) is 0 Å². The van der Waals surface area contributed by atoms with E-state index in [-0.39, 0.29) is 0 Å². The molecule has 156 valence electrons. The van der Waals surface area contributed by atoms with Crippen LogP contribution in [-0.4, -0.2) is 0 Å². The quantitative estimate of drug-likeness (QED) is 0.265. The topological polar surface area (TPSA) is 26.3 Å². The molecule has 0 amide bonds. The molecule has 0 saturated heterocycles. The van der Waals surface area contributed by atoms with Crippen molar-refractivity contribution in [1.82, 2.24) is 0 Å². The molecule has 2 nitrogen and oxygen atoms in total. The molecule has 0 fully saturated rings. The van der Waals surface area contributed by atoms with E-state index in [0.29, 0.717) is 0 Å². The van der Waals surface area contributed by atoms with E-state index in [1.807, 2.05) is 48.5 Å². The molecule has 2 aromatic heterocycles. The minimum Gasteiger partial charge on any atom is -0.456 e. The van der Waals surface area contributed by atoms with E-state index in [1.54, 1.807) is 0 Å². The van der Waals surface area contributed by atoms with Crippen molar-refractivity contribution < 1.29 is 8.83 Å². The highest BCUT2D eigenvalue weighted by molar-refractivity contribution is 6.36. The fourth-order valence-electron chi connectivity index (χ4n) is 4.77. The zero-order valence-electron chi connectivity index (χ0n) is 17.5. The molecule has 5 aromatic carbocycles. The fraction of sp³-hybridized carbons (Fsp3) is 0. The minimum atomic E-state index is 0.733. The molecule has 3 heteroatoms. The van der Waals surface area contributed by atoms with Crippen molar-refractivity contribution in [2.45, 2.75) is 0 Å². The number of fused-ring (bicyclic) bond motifs is 6. The number of hydrogen-bond acceptors (Lipinski definition) is 2. The van der Waals surface area contributed by atoms with Gasteiger partial charge in [0.05, 0.1) is 5.02 Å². The van der Waals surface area contributed by atoms with Gasteiger partial charge in [-0.05, 0) is 47.5 Å². The monoisotopic (exact) mass is 444 g/mol. The van der Waals surface area contributed by atoms with Crippen LogP contribution in [0.25, 0.3) is 66.1 Å². The zero-order chi connectivity index (χ0) is 21.9. The van der Waals surface area contributed by atoms with Crippen LogP contribution in [0.4, 0.5) is 0 Å². The Morgan fingerprint density at radius 2 is 0.879 bits per heavy atom. The Labute approximate surface area is 194 Å². The summed E-state index contributed by atoms with van der Waals surface area (Å²) >= 11 is 7.02. The summed E-state index contributed by atoms with van der Waals surface area (Å²) in [7, 11) is 0. The van der Waals surface area contributed by atoms with Gasteiger partial charge in [-0.25, -0.2) is 0 Å². The molecule has 33 heavy (non-hydrogen) atoms. The molecule has 7 rings (SSSR count). The minimum absolute atomic E-state index is 0.733. The maximum Gasteiger partial charge on any atom is 0.135 e. The van der Waals surface area contributed by atoms with Crippen LogP contribution >= 0.6 is 11.6 Å². The van der Waals surface area contributed by atoms with Gasteiger partial charge >= 0.3 is 0 Å². The lowest BCUT2D eigenvalue weighted by Crippen LogP contribution is -1.85. The lowest BCUT2D eigenvalue weighted by atomic mass is 9.97. The summed E-state index contributed by atoms with van der Waals surface area (Å²) in [6, 6.07) is 35.0. The van der Waals surface area contributed by atoms with Crippen molar-refractivity contribution in [3.05, 3.63) is 108 Å². The van der Waals surface area contributed by atoms with Gasteiger partial charge in [-0.2, -0.15) is 0 Å². The molecule has 0 atom stereocenters. The normalized spacial score (nSPS) is 11.8.